The molecule has 2 nitrogen and oxygen atoms in total. The van der Waals surface area contributed by atoms with Crippen LogP contribution in [0.15, 0.2) is 48.6 Å². The Kier molecular flexibility index (Phi) is 15.9. The summed E-state index contributed by atoms with van der Waals surface area (Å²) in [7, 11) is 0. The molecule has 0 saturated heterocycles. The van der Waals surface area contributed by atoms with E-state index in [2.05, 4.69) is 50.1 Å². The Morgan fingerprint density at radius 2 is 1.75 bits per heavy atom. The van der Waals surface area contributed by atoms with Crippen molar-refractivity contribution in [3.63, 3.8) is 0 Å². The SMILES string of the molecule is CCCCCC#CC=CC=CCCC=CC=CC(=O)NCC(C)C. The summed E-state index contributed by atoms with van der Waals surface area (Å²) in [6.45, 7) is 7.07. The number of amides is 1. The minimum atomic E-state index is -0.0332. The molecule has 24 heavy (non-hydrogen) atoms. The first kappa shape index (κ1) is 22.0. The Bertz CT molecular complexity index is 484. The molecule has 0 heterocycles. The number of carbonyl (C=O) groups is 1. The third kappa shape index (κ3) is 18.0. The summed E-state index contributed by atoms with van der Waals surface area (Å²) in [5.41, 5.74) is 0. The molecule has 0 aromatic rings. The molecule has 0 rings (SSSR count). The van der Waals surface area contributed by atoms with E-state index in [0.29, 0.717) is 12.5 Å². The zero-order chi connectivity index (χ0) is 17.9. The van der Waals surface area contributed by atoms with Crippen LogP contribution in [0, 0.1) is 17.8 Å². The second-order valence-corrected chi connectivity index (χ2v) is 6.07. The van der Waals surface area contributed by atoms with Crippen LogP contribution in [0.3, 0.4) is 0 Å². The Labute approximate surface area is 148 Å². The summed E-state index contributed by atoms with van der Waals surface area (Å²) < 4.78 is 0. The Balaban J connectivity index is 3.68. The topological polar surface area (TPSA) is 29.1 Å². The fourth-order valence-electron chi connectivity index (χ4n) is 1.75. The van der Waals surface area contributed by atoms with Crippen LogP contribution >= 0.6 is 0 Å². The van der Waals surface area contributed by atoms with Crippen LogP contribution in [-0.4, -0.2) is 12.5 Å². The third-order valence-electron chi connectivity index (χ3n) is 3.11. The van der Waals surface area contributed by atoms with Gasteiger partial charge in [0.2, 0.25) is 5.91 Å². The highest BCUT2D eigenvalue weighted by Gasteiger charge is 1.95. The molecular formula is C22H33NO. The monoisotopic (exact) mass is 327 g/mol. The van der Waals surface area contributed by atoms with Crippen molar-refractivity contribution in [1.29, 1.82) is 0 Å². The summed E-state index contributed by atoms with van der Waals surface area (Å²) >= 11 is 0. The molecule has 0 saturated carbocycles. The van der Waals surface area contributed by atoms with E-state index < -0.39 is 0 Å². The van der Waals surface area contributed by atoms with Gasteiger partial charge in [0.25, 0.3) is 0 Å². The highest BCUT2D eigenvalue weighted by atomic mass is 16.1. The van der Waals surface area contributed by atoms with Gasteiger partial charge < -0.3 is 5.32 Å². The van der Waals surface area contributed by atoms with Crippen molar-refractivity contribution in [2.75, 3.05) is 6.54 Å². The Hall–Kier alpha value is -2.01. The molecule has 0 aromatic heterocycles. The van der Waals surface area contributed by atoms with E-state index in [4.69, 9.17) is 0 Å². The molecule has 2 heteroatoms. The maximum atomic E-state index is 11.4. The number of unbranched alkanes of at least 4 members (excludes halogenated alkanes) is 4. The van der Waals surface area contributed by atoms with Gasteiger partial charge in [0, 0.05) is 19.0 Å². The first-order valence-electron chi connectivity index (χ1n) is 9.08. The molecule has 0 atom stereocenters. The van der Waals surface area contributed by atoms with Gasteiger partial charge in [-0.2, -0.15) is 0 Å². The number of hydrogen-bond acceptors (Lipinski definition) is 1. The van der Waals surface area contributed by atoms with Crippen molar-refractivity contribution in [2.45, 2.75) is 59.3 Å². The lowest BCUT2D eigenvalue weighted by Crippen LogP contribution is -2.25. The van der Waals surface area contributed by atoms with E-state index in [1.54, 1.807) is 12.2 Å². The molecule has 132 valence electrons. The highest BCUT2D eigenvalue weighted by molar-refractivity contribution is 5.87. The van der Waals surface area contributed by atoms with Gasteiger partial charge in [0.1, 0.15) is 0 Å². The number of rotatable bonds is 11. The number of nitrogens with one attached hydrogen (secondary N) is 1. The summed E-state index contributed by atoms with van der Waals surface area (Å²) in [4.78, 5) is 11.4. The molecule has 0 radical (unpaired) electrons. The van der Waals surface area contributed by atoms with E-state index in [1.165, 1.54) is 19.3 Å². The average molecular weight is 328 g/mol. The second kappa shape index (κ2) is 17.3. The number of carbonyl (C=O) groups excluding carboxylic acids is 1. The predicted octanol–water partition coefficient (Wildman–Crippen LogP) is 5.35. The zero-order valence-corrected chi connectivity index (χ0v) is 15.6. The fraction of sp³-hybridized carbons (Fsp3) is 0.500. The van der Waals surface area contributed by atoms with Gasteiger partial charge in [-0.3, -0.25) is 4.79 Å². The van der Waals surface area contributed by atoms with E-state index in [0.717, 1.165) is 19.3 Å². The quantitative estimate of drug-likeness (QED) is 0.236. The van der Waals surface area contributed by atoms with Crippen LogP contribution in [0.5, 0.6) is 0 Å². The van der Waals surface area contributed by atoms with Crippen LogP contribution in [-0.2, 0) is 4.79 Å². The van der Waals surface area contributed by atoms with Crippen molar-refractivity contribution >= 4 is 5.91 Å². The first-order valence-corrected chi connectivity index (χ1v) is 9.08. The summed E-state index contributed by atoms with van der Waals surface area (Å²) in [6, 6.07) is 0. The van der Waals surface area contributed by atoms with E-state index in [1.807, 2.05) is 24.3 Å². The largest absolute Gasteiger partial charge is 0.352 e. The Morgan fingerprint density at radius 1 is 1.04 bits per heavy atom. The number of allylic oxidation sites excluding steroid dienone is 7. The summed E-state index contributed by atoms with van der Waals surface area (Å²) in [5.74, 6) is 6.64. The van der Waals surface area contributed by atoms with Crippen molar-refractivity contribution < 1.29 is 4.79 Å². The lowest BCUT2D eigenvalue weighted by molar-refractivity contribution is -0.116. The second-order valence-electron chi connectivity index (χ2n) is 6.07. The number of hydrogen-bond donors (Lipinski definition) is 1. The molecule has 1 N–H and O–H groups in total. The molecule has 1 amide bonds. The van der Waals surface area contributed by atoms with Crippen molar-refractivity contribution in [1.82, 2.24) is 5.32 Å². The van der Waals surface area contributed by atoms with Crippen LogP contribution in [0.4, 0.5) is 0 Å². The molecule has 0 unspecified atom stereocenters. The Morgan fingerprint density at radius 3 is 2.42 bits per heavy atom. The predicted molar refractivity (Wildman–Crippen MR) is 106 cm³/mol. The highest BCUT2D eigenvalue weighted by Crippen LogP contribution is 1.97. The minimum absolute atomic E-state index is 0.0332. The fourth-order valence-corrected chi connectivity index (χ4v) is 1.75. The van der Waals surface area contributed by atoms with Gasteiger partial charge in [-0.1, -0.05) is 81.9 Å². The van der Waals surface area contributed by atoms with Gasteiger partial charge in [0.15, 0.2) is 0 Å². The van der Waals surface area contributed by atoms with Crippen LogP contribution < -0.4 is 5.32 Å². The van der Waals surface area contributed by atoms with Gasteiger partial charge in [-0.25, -0.2) is 0 Å². The van der Waals surface area contributed by atoms with Gasteiger partial charge >= 0.3 is 0 Å². The molecule has 0 aliphatic carbocycles. The van der Waals surface area contributed by atoms with Gasteiger partial charge in [-0.05, 0) is 31.3 Å². The van der Waals surface area contributed by atoms with Crippen molar-refractivity contribution in [3.05, 3.63) is 48.6 Å². The lowest BCUT2D eigenvalue weighted by atomic mass is 10.2. The molecule has 0 aliphatic rings. The molecule has 0 spiro atoms. The molecule has 0 aromatic carbocycles. The normalized spacial score (nSPS) is 11.8. The minimum Gasteiger partial charge on any atom is -0.352 e. The summed E-state index contributed by atoms with van der Waals surface area (Å²) in [6.07, 6.45) is 22.0. The van der Waals surface area contributed by atoms with E-state index >= 15 is 0 Å². The maximum absolute atomic E-state index is 11.4. The van der Waals surface area contributed by atoms with E-state index in [9.17, 15) is 4.79 Å². The first-order chi connectivity index (χ1) is 11.7. The molecule has 0 aliphatic heterocycles. The van der Waals surface area contributed by atoms with E-state index in [-0.39, 0.29) is 5.91 Å². The average Bonchev–Trinajstić information content (AvgIpc) is 2.56. The zero-order valence-electron chi connectivity index (χ0n) is 15.6. The van der Waals surface area contributed by atoms with Crippen LogP contribution in [0.1, 0.15) is 59.3 Å². The smallest absolute Gasteiger partial charge is 0.243 e. The molecule has 0 fully saturated rings. The standard InChI is InChI=1S/C22H33NO/c1-4-5-6-7-8-9-10-11-12-13-14-15-16-17-18-19-22(24)23-20-21(2)3/h10-13,16-19,21H,4-7,14-15,20H2,1-3H3,(H,23,24). The van der Waals surface area contributed by atoms with Gasteiger partial charge in [0.05, 0.1) is 0 Å². The van der Waals surface area contributed by atoms with Crippen LogP contribution in [0.2, 0.25) is 0 Å². The third-order valence-corrected chi connectivity index (χ3v) is 3.11. The van der Waals surface area contributed by atoms with Crippen LogP contribution in [0.25, 0.3) is 0 Å². The molecular weight excluding hydrogens is 294 g/mol. The lowest BCUT2D eigenvalue weighted by Gasteiger charge is -2.03. The van der Waals surface area contributed by atoms with Crippen molar-refractivity contribution in [3.8, 4) is 11.8 Å². The van der Waals surface area contributed by atoms with Gasteiger partial charge in [-0.15, -0.1) is 0 Å². The summed E-state index contributed by atoms with van der Waals surface area (Å²) in [5, 5.41) is 2.84. The van der Waals surface area contributed by atoms with Crippen molar-refractivity contribution in [2.24, 2.45) is 5.92 Å². The maximum Gasteiger partial charge on any atom is 0.243 e. The molecule has 0 bridgehead atoms.